The molecule has 1 aliphatic rings. The van der Waals surface area contributed by atoms with Gasteiger partial charge in [0.05, 0.1) is 18.0 Å². The minimum absolute atomic E-state index is 0.0410. The second-order valence-electron chi connectivity index (χ2n) is 5.15. The SMILES string of the molecule is CCOc1cc(N2CCC(C(=O)NC)CC2)c(N)cc1F. The van der Waals surface area contributed by atoms with Gasteiger partial charge in [0, 0.05) is 38.2 Å². The van der Waals surface area contributed by atoms with Crippen molar-refractivity contribution in [2.45, 2.75) is 19.8 Å². The van der Waals surface area contributed by atoms with E-state index in [2.05, 4.69) is 10.2 Å². The molecule has 0 aliphatic carbocycles. The molecule has 3 N–H and O–H groups in total. The zero-order valence-corrected chi connectivity index (χ0v) is 12.5. The highest BCUT2D eigenvalue weighted by Crippen LogP contribution is 2.33. The summed E-state index contributed by atoms with van der Waals surface area (Å²) in [4.78, 5) is 13.7. The van der Waals surface area contributed by atoms with Gasteiger partial charge < -0.3 is 20.7 Å². The average Bonchev–Trinajstić information content (AvgIpc) is 2.49. The first-order valence-corrected chi connectivity index (χ1v) is 7.25. The van der Waals surface area contributed by atoms with E-state index in [1.54, 1.807) is 13.1 Å². The number of nitrogen functional groups attached to an aromatic ring is 1. The number of nitrogens with one attached hydrogen (secondary N) is 1. The largest absolute Gasteiger partial charge is 0.491 e. The van der Waals surface area contributed by atoms with E-state index in [4.69, 9.17) is 10.5 Å². The van der Waals surface area contributed by atoms with Crippen molar-refractivity contribution in [3.05, 3.63) is 17.9 Å². The molecule has 1 amide bonds. The van der Waals surface area contributed by atoms with Crippen LogP contribution >= 0.6 is 0 Å². The van der Waals surface area contributed by atoms with Crippen LogP contribution in [0.25, 0.3) is 0 Å². The fourth-order valence-corrected chi connectivity index (χ4v) is 2.68. The number of nitrogens with zero attached hydrogens (tertiary/aromatic N) is 1. The summed E-state index contributed by atoms with van der Waals surface area (Å²) in [6, 6.07) is 2.94. The minimum Gasteiger partial charge on any atom is -0.491 e. The third kappa shape index (κ3) is 3.37. The Morgan fingerprint density at radius 3 is 2.71 bits per heavy atom. The lowest BCUT2D eigenvalue weighted by Crippen LogP contribution is -2.39. The van der Waals surface area contributed by atoms with Crippen molar-refractivity contribution in [2.24, 2.45) is 5.92 Å². The number of hydrogen-bond acceptors (Lipinski definition) is 4. The van der Waals surface area contributed by atoms with Crippen molar-refractivity contribution in [2.75, 3.05) is 37.4 Å². The monoisotopic (exact) mass is 295 g/mol. The summed E-state index contributed by atoms with van der Waals surface area (Å²) in [5.41, 5.74) is 7.09. The minimum atomic E-state index is -0.446. The number of nitrogens with two attached hydrogens (primary N) is 1. The summed E-state index contributed by atoms with van der Waals surface area (Å²) >= 11 is 0. The molecule has 0 atom stereocenters. The highest BCUT2D eigenvalue weighted by Gasteiger charge is 2.25. The van der Waals surface area contributed by atoms with Gasteiger partial charge in [0.25, 0.3) is 0 Å². The molecule has 0 unspecified atom stereocenters. The first-order chi connectivity index (χ1) is 10.1. The van der Waals surface area contributed by atoms with Crippen molar-refractivity contribution < 1.29 is 13.9 Å². The lowest BCUT2D eigenvalue weighted by molar-refractivity contribution is -0.125. The first kappa shape index (κ1) is 15.4. The Balaban J connectivity index is 2.12. The van der Waals surface area contributed by atoms with Crippen molar-refractivity contribution >= 4 is 17.3 Å². The third-order valence-corrected chi connectivity index (χ3v) is 3.83. The van der Waals surface area contributed by atoms with E-state index in [1.807, 2.05) is 6.92 Å². The molecule has 1 aromatic rings. The van der Waals surface area contributed by atoms with Gasteiger partial charge >= 0.3 is 0 Å². The highest BCUT2D eigenvalue weighted by molar-refractivity contribution is 5.79. The van der Waals surface area contributed by atoms with E-state index in [-0.39, 0.29) is 17.6 Å². The van der Waals surface area contributed by atoms with Gasteiger partial charge in [-0.25, -0.2) is 4.39 Å². The first-order valence-electron chi connectivity index (χ1n) is 7.25. The van der Waals surface area contributed by atoms with Gasteiger partial charge in [0.15, 0.2) is 11.6 Å². The predicted molar refractivity (Wildman–Crippen MR) is 81.0 cm³/mol. The maximum Gasteiger partial charge on any atom is 0.222 e. The molecule has 0 aromatic heterocycles. The Hall–Kier alpha value is -1.98. The van der Waals surface area contributed by atoms with Gasteiger partial charge in [0.1, 0.15) is 0 Å². The average molecular weight is 295 g/mol. The molecule has 116 valence electrons. The predicted octanol–water partition coefficient (Wildman–Crippen LogP) is 1.77. The summed E-state index contributed by atoms with van der Waals surface area (Å²) in [5, 5.41) is 2.68. The van der Waals surface area contributed by atoms with Gasteiger partial charge in [0.2, 0.25) is 5.91 Å². The number of anilines is 2. The molecule has 5 nitrogen and oxygen atoms in total. The Morgan fingerprint density at radius 1 is 1.48 bits per heavy atom. The Kier molecular flexibility index (Phi) is 4.88. The standard InChI is InChI=1S/C15H22FN3O2/c1-3-21-14-9-13(12(17)8-11(14)16)19-6-4-10(5-7-19)15(20)18-2/h8-10H,3-7,17H2,1-2H3,(H,18,20). The van der Waals surface area contributed by atoms with Crippen LogP contribution in [0.1, 0.15) is 19.8 Å². The molecule has 0 spiro atoms. The normalized spacial score (nSPS) is 15.9. The number of carbonyl (C=O) groups is 1. The molecule has 0 radical (unpaired) electrons. The molecule has 0 bridgehead atoms. The summed E-state index contributed by atoms with van der Waals surface area (Å²) in [6.45, 7) is 3.66. The molecular weight excluding hydrogens is 273 g/mol. The number of piperidine rings is 1. The maximum atomic E-state index is 13.7. The lowest BCUT2D eigenvalue weighted by atomic mass is 9.95. The smallest absolute Gasteiger partial charge is 0.222 e. The number of carbonyl (C=O) groups excluding carboxylic acids is 1. The van der Waals surface area contributed by atoms with E-state index in [9.17, 15) is 9.18 Å². The summed E-state index contributed by atoms with van der Waals surface area (Å²) in [6.07, 6.45) is 1.53. The highest BCUT2D eigenvalue weighted by atomic mass is 19.1. The zero-order chi connectivity index (χ0) is 15.4. The molecule has 1 aromatic carbocycles. The van der Waals surface area contributed by atoms with Crippen LogP contribution in [0, 0.1) is 11.7 Å². The fourth-order valence-electron chi connectivity index (χ4n) is 2.68. The maximum absolute atomic E-state index is 13.7. The topological polar surface area (TPSA) is 67.6 Å². The van der Waals surface area contributed by atoms with Crippen molar-refractivity contribution in [1.29, 1.82) is 0 Å². The number of rotatable bonds is 4. The van der Waals surface area contributed by atoms with Crippen LogP contribution in [0.5, 0.6) is 5.75 Å². The van der Waals surface area contributed by atoms with E-state index in [0.29, 0.717) is 12.3 Å². The summed E-state index contributed by atoms with van der Waals surface area (Å²) < 4.78 is 19.0. The van der Waals surface area contributed by atoms with E-state index in [0.717, 1.165) is 31.6 Å². The molecule has 21 heavy (non-hydrogen) atoms. The molecule has 1 saturated heterocycles. The molecule has 6 heteroatoms. The van der Waals surface area contributed by atoms with E-state index >= 15 is 0 Å². The van der Waals surface area contributed by atoms with Gasteiger partial charge in [-0.3, -0.25) is 4.79 Å². The van der Waals surface area contributed by atoms with Crippen LogP contribution in [0.4, 0.5) is 15.8 Å². The molecule has 2 rings (SSSR count). The quantitative estimate of drug-likeness (QED) is 0.831. The van der Waals surface area contributed by atoms with Crippen LogP contribution in [-0.4, -0.2) is 32.7 Å². The second-order valence-corrected chi connectivity index (χ2v) is 5.15. The number of amides is 1. The molecule has 1 fully saturated rings. The van der Waals surface area contributed by atoms with Crippen molar-refractivity contribution in [3.8, 4) is 5.75 Å². The molecule has 0 saturated carbocycles. The Morgan fingerprint density at radius 2 is 2.14 bits per heavy atom. The van der Waals surface area contributed by atoms with Crippen LogP contribution in [0.15, 0.2) is 12.1 Å². The molecule has 1 heterocycles. The van der Waals surface area contributed by atoms with Crippen LogP contribution in [-0.2, 0) is 4.79 Å². The summed E-state index contributed by atoms with van der Waals surface area (Å²) in [5.74, 6) is -0.107. The van der Waals surface area contributed by atoms with Crippen LogP contribution < -0.4 is 20.7 Å². The number of ether oxygens (including phenoxy) is 1. The molecular formula is C15H22FN3O2. The third-order valence-electron chi connectivity index (χ3n) is 3.83. The molecule has 1 aliphatic heterocycles. The van der Waals surface area contributed by atoms with Gasteiger partial charge in [-0.15, -0.1) is 0 Å². The van der Waals surface area contributed by atoms with Crippen LogP contribution in [0.2, 0.25) is 0 Å². The number of benzene rings is 1. The van der Waals surface area contributed by atoms with Crippen molar-refractivity contribution in [3.63, 3.8) is 0 Å². The van der Waals surface area contributed by atoms with Gasteiger partial charge in [-0.05, 0) is 19.8 Å². The second kappa shape index (κ2) is 6.65. The van der Waals surface area contributed by atoms with Crippen LogP contribution in [0.3, 0.4) is 0 Å². The van der Waals surface area contributed by atoms with E-state index < -0.39 is 5.82 Å². The Bertz CT molecular complexity index is 514. The van der Waals surface area contributed by atoms with Crippen molar-refractivity contribution in [1.82, 2.24) is 5.32 Å². The van der Waals surface area contributed by atoms with Gasteiger partial charge in [-0.1, -0.05) is 0 Å². The van der Waals surface area contributed by atoms with Gasteiger partial charge in [-0.2, -0.15) is 0 Å². The van der Waals surface area contributed by atoms with E-state index in [1.165, 1.54) is 6.07 Å². The lowest BCUT2D eigenvalue weighted by Gasteiger charge is -2.33. The fraction of sp³-hybridized carbons (Fsp3) is 0.533. The number of halogens is 1. The Labute approximate surface area is 124 Å². The zero-order valence-electron chi connectivity index (χ0n) is 12.5. The number of hydrogen-bond donors (Lipinski definition) is 2. The summed E-state index contributed by atoms with van der Waals surface area (Å²) in [7, 11) is 1.65.